The highest BCUT2D eigenvalue weighted by atomic mass is 79.9. The fourth-order valence-corrected chi connectivity index (χ4v) is 2.59. The Labute approximate surface area is 130 Å². The number of carboxylic acids is 1. The standard InChI is InChI=1S/C14H16BrN3O3/c1-4-18-11(13(15)9(3)16-18)7-17-6-10(14(20)21)12(19)5-8(17)2/h5-6H,4,7H2,1-3H3,(H,20,21). The van der Waals surface area contributed by atoms with Crippen molar-refractivity contribution in [3.63, 3.8) is 0 Å². The van der Waals surface area contributed by atoms with Gasteiger partial charge in [0.05, 0.1) is 22.4 Å². The van der Waals surface area contributed by atoms with Gasteiger partial charge in [0, 0.05) is 24.5 Å². The van der Waals surface area contributed by atoms with Crippen LogP contribution in [0.2, 0.25) is 0 Å². The normalized spacial score (nSPS) is 10.9. The van der Waals surface area contributed by atoms with Gasteiger partial charge in [-0.1, -0.05) is 0 Å². The van der Waals surface area contributed by atoms with Crippen LogP contribution in [0.5, 0.6) is 0 Å². The molecule has 0 aliphatic rings. The molecule has 0 aromatic carbocycles. The molecule has 1 N–H and O–H groups in total. The Morgan fingerprint density at radius 2 is 2.10 bits per heavy atom. The van der Waals surface area contributed by atoms with Gasteiger partial charge in [-0.25, -0.2) is 4.79 Å². The Morgan fingerprint density at radius 1 is 1.43 bits per heavy atom. The number of carbonyl (C=O) groups is 1. The van der Waals surface area contributed by atoms with Gasteiger partial charge in [-0.3, -0.25) is 9.48 Å². The van der Waals surface area contributed by atoms with Crippen molar-refractivity contribution in [2.45, 2.75) is 33.9 Å². The number of hydrogen-bond acceptors (Lipinski definition) is 3. The topological polar surface area (TPSA) is 77.1 Å². The summed E-state index contributed by atoms with van der Waals surface area (Å²) in [4.78, 5) is 22.8. The van der Waals surface area contributed by atoms with Crippen molar-refractivity contribution in [2.24, 2.45) is 0 Å². The number of carboxylic acid groups (broad SMARTS) is 1. The van der Waals surface area contributed by atoms with Gasteiger partial charge in [-0.15, -0.1) is 0 Å². The summed E-state index contributed by atoms with van der Waals surface area (Å²) in [7, 11) is 0. The number of nitrogens with zero attached hydrogens (tertiary/aromatic N) is 3. The van der Waals surface area contributed by atoms with Crippen LogP contribution in [0.25, 0.3) is 0 Å². The number of aromatic carboxylic acids is 1. The van der Waals surface area contributed by atoms with Crippen LogP contribution in [0.3, 0.4) is 0 Å². The molecule has 112 valence electrons. The van der Waals surface area contributed by atoms with Crippen molar-refractivity contribution in [1.29, 1.82) is 0 Å². The summed E-state index contributed by atoms with van der Waals surface area (Å²) in [6.45, 7) is 6.83. The van der Waals surface area contributed by atoms with Crippen LogP contribution < -0.4 is 5.43 Å². The first-order valence-electron chi connectivity index (χ1n) is 6.51. The molecule has 2 aromatic heterocycles. The van der Waals surface area contributed by atoms with E-state index in [9.17, 15) is 9.59 Å². The zero-order chi connectivity index (χ0) is 15.7. The van der Waals surface area contributed by atoms with Gasteiger partial charge >= 0.3 is 5.97 Å². The zero-order valence-corrected chi connectivity index (χ0v) is 13.6. The molecule has 2 heterocycles. The Hall–Kier alpha value is -1.89. The van der Waals surface area contributed by atoms with Gasteiger partial charge in [0.15, 0.2) is 5.43 Å². The highest BCUT2D eigenvalue weighted by molar-refractivity contribution is 9.10. The van der Waals surface area contributed by atoms with E-state index in [1.165, 1.54) is 12.3 Å². The van der Waals surface area contributed by atoms with Gasteiger partial charge in [0.1, 0.15) is 5.56 Å². The van der Waals surface area contributed by atoms with Crippen molar-refractivity contribution >= 4 is 21.9 Å². The molecule has 2 aromatic rings. The maximum atomic E-state index is 11.7. The van der Waals surface area contributed by atoms with Gasteiger partial charge in [0.2, 0.25) is 0 Å². The summed E-state index contributed by atoms with van der Waals surface area (Å²) in [6, 6.07) is 1.34. The SMILES string of the molecule is CCn1nc(C)c(Br)c1Cn1cc(C(=O)O)c(=O)cc1C. The molecule has 0 aliphatic heterocycles. The summed E-state index contributed by atoms with van der Waals surface area (Å²) in [5.41, 5.74) is 1.83. The number of aromatic nitrogens is 3. The molecule has 0 amide bonds. The lowest BCUT2D eigenvalue weighted by atomic mass is 10.2. The summed E-state index contributed by atoms with van der Waals surface area (Å²) in [6.07, 6.45) is 1.38. The molecule has 0 atom stereocenters. The van der Waals surface area contributed by atoms with Gasteiger partial charge < -0.3 is 9.67 Å². The quantitative estimate of drug-likeness (QED) is 0.913. The molecule has 0 aliphatic carbocycles. The lowest BCUT2D eigenvalue weighted by Gasteiger charge is -2.13. The van der Waals surface area contributed by atoms with E-state index in [1.54, 1.807) is 11.5 Å². The predicted molar refractivity (Wildman–Crippen MR) is 81.8 cm³/mol. The zero-order valence-electron chi connectivity index (χ0n) is 12.1. The minimum absolute atomic E-state index is 0.226. The van der Waals surface area contributed by atoms with Gasteiger partial charge in [0.25, 0.3) is 0 Å². The fourth-order valence-electron chi connectivity index (χ4n) is 2.18. The molecule has 0 unspecified atom stereocenters. The van der Waals surface area contributed by atoms with E-state index in [4.69, 9.17) is 5.11 Å². The van der Waals surface area contributed by atoms with E-state index in [0.29, 0.717) is 18.8 Å². The van der Waals surface area contributed by atoms with Crippen LogP contribution in [-0.4, -0.2) is 25.4 Å². The number of rotatable bonds is 4. The van der Waals surface area contributed by atoms with Crippen LogP contribution in [0.15, 0.2) is 21.5 Å². The van der Waals surface area contributed by atoms with Crippen LogP contribution in [0, 0.1) is 13.8 Å². The molecular weight excluding hydrogens is 338 g/mol. The molecule has 6 nitrogen and oxygen atoms in total. The van der Waals surface area contributed by atoms with Crippen LogP contribution in [-0.2, 0) is 13.1 Å². The van der Waals surface area contributed by atoms with Gasteiger partial charge in [-0.2, -0.15) is 5.10 Å². The second kappa shape index (κ2) is 5.85. The molecule has 0 bridgehead atoms. The number of halogens is 1. The minimum atomic E-state index is -1.21. The number of pyridine rings is 1. The van der Waals surface area contributed by atoms with E-state index in [-0.39, 0.29) is 5.56 Å². The maximum Gasteiger partial charge on any atom is 0.341 e. The van der Waals surface area contributed by atoms with Crippen molar-refractivity contribution in [3.8, 4) is 0 Å². The molecule has 0 radical (unpaired) electrons. The van der Waals surface area contributed by atoms with E-state index in [1.807, 2.05) is 18.5 Å². The molecule has 21 heavy (non-hydrogen) atoms. The summed E-state index contributed by atoms with van der Waals surface area (Å²) in [5.74, 6) is -1.21. The number of aryl methyl sites for hydroxylation is 3. The average molecular weight is 354 g/mol. The first-order valence-corrected chi connectivity index (χ1v) is 7.30. The summed E-state index contributed by atoms with van der Waals surface area (Å²) >= 11 is 3.51. The lowest BCUT2D eigenvalue weighted by molar-refractivity contribution is 0.0694. The largest absolute Gasteiger partial charge is 0.477 e. The minimum Gasteiger partial charge on any atom is -0.477 e. The van der Waals surface area contributed by atoms with E-state index in [0.717, 1.165) is 15.9 Å². The smallest absolute Gasteiger partial charge is 0.341 e. The third kappa shape index (κ3) is 2.92. The Bertz CT molecular complexity index is 762. The predicted octanol–water partition coefficient (Wildman–Crippen LogP) is 2.19. The van der Waals surface area contributed by atoms with Crippen molar-refractivity contribution in [1.82, 2.24) is 14.3 Å². The summed E-state index contributed by atoms with van der Waals surface area (Å²) < 4.78 is 4.51. The average Bonchev–Trinajstić information content (AvgIpc) is 2.68. The highest BCUT2D eigenvalue weighted by Crippen LogP contribution is 2.22. The van der Waals surface area contributed by atoms with Crippen molar-refractivity contribution < 1.29 is 9.90 Å². The fraction of sp³-hybridized carbons (Fsp3) is 0.357. The molecule has 2 rings (SSSR count). The molecule has 0 saturated heterocycles. The Kier molecular flexibility index (Phi) is 4.32. The third-order valence-corrected chi connectivity index (χ3v) is 4.38. The highest BCUT2D eigenvalue weighted by Gasteiger charge is 2.15. The second-order valence-electron chi connectivity index (χ2n) is 4.79. The van der Waals surface area contributed by atoms with E-state index >= 15 is 0 Å². The van der Waals surface area contributed by atoms with Crippen molar-refractivity contribution in [3.05, 3.63) is 49.6 Å². The van der Waals surface area contributed by atoms with Crippen molar-refractivity contribution in [2.75, 3.05) is 0 Å². The van der Waals surface area contributed by atoms with Crippen LogP contribution in [0.1, 0.15) is 34.4 Å². The molecule has 0 spiro atoms. The van der Waals surface area contributed by atoms with E-state index in [2.05, 4.69) is 21.0 Å². The maximum absolute atomic E-state index is 11.7. The lowest BCUT2D eigenvalue weighted by Crippen LogP contribution is -2.20. The first kappa shape index (κ1) is 15.5. The molecule has 0 saturated carbocycles. The third-order valence-electron chi connectivity index (χ3n) is 3.35. The molecule has 0 fully saturated rings. The Morgan fingerprint density at radius 3 is 2.67 bits per heavy atom. The van der Waals surface area contributed by atoms with Gasteiger partial charge in [-0.05, 0) is 36.7 Å². The Balaban J connectivity index is 2.52. The molecule has 7 heteroatoms. The van der Waals surface area contributed by atoms with E-state index < -0.39 is 11.4 Å². The number of hydrogen-bond donors (Lipinski definition) is 1. The second-order valence-corrected chi connectivity index (χ2v) is 5.58. The summed E-state index contributed by atoms with van der Waals surface area (Å²) in [5, 5.41) is 13.5. The van der Waals surface area contributed by atoms with Crippen LogP contribution >= 0.6 is 15.9 Å². The monoisotopic (exact) mass is 353 g/mol. The molecular formula is C14H16BrN3O3. The first-order chi connectivity index (χ1) is 9.85. The van der Waals surface area contributed by atoms with Crippen LogP contribution in [0.4, 0.5) is 0 Å².